The van der Waals surface area contributed by atoms with Crippen molar-refractivity contribution in [3.05, 3.63) is 11.8 Å². The van der Waals surface area contributed by atoms with Crippen molar-refractivity contribution < 1.29 is 43.9 Å². The van der Waals surface area contributed by atoms with Gasteiger partial charge in [0.1, 0.15) is 24.1 Å². The van der Waals surface area contributed by atoms with Crippen LogP contribution in [0.2, 0.25) is 0 Å². The molecule has 3 aliphatic rings. The fraction of sp³-hybridized carbons (Fsp3) is 0.808. The van der Waals surface area contributed by atoms with Gasteiger partial charge in [0.2, 0.25) is 5.91 Å². The second kappa shape index (κ2) is 14.2. The number of hydrogen-bond acceptors (Lipinski definition) is 9. The van der Waals surface area contributed by atoms with E-state index < -0.39 is 54.7 Å². The lowest BCUT2D eigenvalue weighted by Gasteiger charge is -2.40. The molecule has 0 saturated carbocycles. The maximum absolute atomic E-state index is 12.7. The third-order valence-electron chi connectivity index (χ3n) is 7.23. The average Bonchev–Trinajstić information content (AvgIpc) is 3.45. The number of ether oxygens (including phenoxy) is 3. The Bertz CT molecular complexity index is 820. The minimum Gasteiger partial charge on any atom is -0.412 e. The predicted octanol–water partition coefficient (Wildman–Crippen LogP) is 1.87. The van der Waals surface area contributed by atoms with Crippen LogP contribution in [0.3, 0.4) is 0 Å². The van der Waals surface area contributed by atoms with E-state index in [2.05, 4.69) is 12.2 Å². The molecule has 0 aromatic rings. The summed E-state index contributed by atoms with van der Waals surface area (Å²) in [5.41, 5.74) is 0. The monoisotopic (exact) mass is 526 g/mol. The Labute approximate surface area is 218 Å². The molecule has 0 aliphatic carbocycles. The second-order valence-corrected chi connectivity index (χ2v) is 10.2. The van der Waals surface area contributed by atoms with Crippen molar-refractivity contribution in [1.29, 1.82) is 0 Å². The van der Waals surface area contributed by atoms with Gasteiger partial charge in [-0.15, -0.1) is 0 Å². The largest absolute Gasteiger partial charge is 0.415 e. The first-order chi connectivity index (χ1) is 17.7. The van der Waals surface area contributed by atoms with Crippen LogP contribution in [-0.2, 0) is 23.8 Å². The molecule has 0 aromatic heterocycles. The summed E-state index contributed by atoms with van der Waals surface area (Å²) in [4.78, 5) is 38.6. The van der Waals surface area contributed by atoms with Gasteiger partial charge in [0, 0.05) is 12.6 Å². The van der Waals surface area contributed by atoms with Gasteiger partial charge in [-0.1, -0.05) is 51.9 Å². The second-order valence-electron chi connectivity index (χ2n) is 10.2. The van der Waals surface area contributed by atoms with E-state index in [0.717, 1.165) is 38.2 Å². The van der Waals surface area contributed by atoms with Crippen LogP contribution in [0.15, 0.2) is 11.8 Å². The van der Waals surface area contributed by atoms with E-state index in [1.807, 2.05) is 0 Å². The van der Waals surface area contributed by atoms with Gasteiger partial charge in [-0.3, -0.25) is 19.8 Å². The lowest BCUT2D eigenvalue weighted by Crippen LogP contribution is -2.58. The Kier molecular flexibility index (Phi) is 11.3. The fourth-order valence-electron chi connectivity index (χ4n) is 5.06. The number of carbonyl (C=O) groups is 3. The number of rotatable bonds is 13. The number of nitrogens with one attached hydrogen (secondary N) is 1. The molecule has 11 heteroatoms. The third-order valence-corrected chi connectivity index (χ3v) is 7.23. The van der Waals surface area contributed by atoms with Crippen molar-refractivity contribution in [2.75, 3.05) is 6.54 Å². The lowest BCUT2D eigenvalue weighted by atomic mass is 9.99. The van der Waals surface area contributed by atoms with Gasteiger partial charge in [0.25, 0.3) is 5.91 Å². The zero-order chi connectivity index (χ0) is 26.9. The molecule has 3 rings (SSSR count). The minimum atomic E-state index is -1.48. The first-order valence-corrected chi connectivity index (χ1v) is 13.6. The highest BCUT2D eigenvalue weighted by molar-refractivity contribution is 6.01. The number of imide groups is 1. The van der Waals surface area contributed by atoms with Crippen LogP contribution in [-0.4, -0.2) is 87.5 Å². The summed E-state index contributed by atoms with van der Waals surface area (Å²) in [7, 11) is 0. The summed E-state index contributed by atoms with van der Waals surface area (Å²) < 4.78 is 16.6. The smallest absolute Gasteiger partial charge is 0.412 e. The van der Waals surface area contributed by atoms with Crippen LogP contribution in [0.25, 0.3) is 0 Å². The molecule has 210 valence electrons. The van der Waals surface area contributed by atoms with Gasteiger partial charge in [0.05, 0.1) is 24.7 Å². The molecule has 3 fully saturated rings. The first-order valence-electron chi connectivity index (χ1n) is 13.6. The normalized spacial score (nSPS) is 31.3. The van der Waals surface area contributed by atoms with E-state index in [-0.39, 0.29) is 18.2 Å². The predicted molar refractivity (Wildman–Crippen MR) is 132 cm³/mol. The van der Waals surface area contributed by atoms with Gasteiger partial charge in [-0.25, -0.2) is 4.79 Å². The highest BCUT2D eigenvalue weighted by Gasteiger charge is 2.44. The van der Waals surface area contributed by atoms with Crippen molar-refractivity contribution in [1.82, 2.24) is 10.2 Å². The maximum Gasteiger partial charge on any atom is 0.415 e. The van der Waals surface area contributed by atoms with Crippen molar-refractivity contribution in [2.45, 2.75) is 127 Å². The number of amides is 3. The molecule has 3 saturated heterocycles. The Morgan fingerprint density at radius 2 is 1.81 bits per heavy atom. The zero-order valence-electron chi connectivity index (χ0n) is 21.8. The van der Waals surface area contributed by atoms with Crippen LogP contribution < -0.4 is 5.32 Å². The van der Waals surface area contributed by atoms with Crippen LogP contribution in [0.1, 0.15) is 84.5 Å². The quantitative estimate of drug-likeness (QED) is 0.208. The standard InChI is InChI=1S/C26H42N2O9/c1-3-4-5-6-7-8-9-11-17(36-25-24(33)23(32)22(31)16(2)35-25)14-20(29)27-21(30)15-19-18-12-10-13-28(18)26(34)37-19/h15-18,22-25,31-33H,3-14H2,1-2H3,(H,27,29,30). The maximum atomic E-state index is 12.7. The van der Waals surface area contributed by atoms with Crippen molar-refractivity contribution >= 4 is 17.9 Å². The van der Waals surface area contributed by atoms with Gasteiger partial charge in [-0.05, 0) is 26.2 Å². The zero-order valence-corrected chi connectivity index (χ0v) is 21.8. The van der Waals surface area contributed by atoms with Gasteiger partial charge in [-0.2, -0.15) is 0 Å². The Hall–Kier alpha value is -2.05. The van der Waals surface area contributed by atoms with E-state index in [9.17, 15) is 29.7 Å². The van der Waals surface area contributed by atoms with E-state index in [0.29, 0.717) is 19.4 Å². The molecular weight excluding hydrogens is 484 g/mol. The summed E-state index contributed by atoms with van der Waals surface area (Å²) in [6.45, 7) is 4.30. The van der Waals surface area contributed by atoms with Crippen LogP contribution in [0, 0.1) is 0 Å². The number of aliphatic hydroxyl groups excluding tert-OH is 3. The number of hydrogen-bond donors (Lipinski definition) is 4. The lowest BCUT2D eigenvalue weighted by molar-refractivity contribution is -0.304. The number of aliphatic hydroxyl groups is 3. The number of carbonyl (C=O) groups excluding carboxylic acids is 3. The SMILES string of the molecule is CCCCCCCCCC(CC(=O)NC(=O)C=C1OC(=O)N2CCCC12)OC1OC(C)C(O)C(O)C1O. The number of fused-ring (bicyclic) bond motifs is 1. The summed E-state index contributed by atoms with van der Waals surface area (Å²) in [6, 6.07) is -0.268. The summed E-state index contributed by atoms with van der Waals surface area (Å²) in [6.07, 6.45) is 3.15. The molecular formula is C26H42N2O9. The first kappa shape index (κ1) is 29.5. The molecule has 3 amide bonds. The molecule has 3 heterocycles. The summed E-state index contributed by atoms with van der Waals surface area (Å²) >= 11 is 0. The van der Waals surface area contributed by atoms with E-state index in [1.165, 1.54) is 19.3 Å². The molecule has 0 spiro atoms. The van der Waals surface area contributed by atoms with E-state index in [1.54, 1.807) is 11.8 Å². The van der Waals surface area contributed by atoms with Crippen LogP contribution >= 0.6 is 0 Å². The molecule has 0 radical (unpaired) electrons. The Morgan fingerprint density at radius 3 is 2.54 bits per heavy atom. The summed E-state index contributed by atoms with van der Waals surface area (Å²) in [5.74, 6) is -1.03. The highest BCUT2D eigenvalue weighted by atomic mass is 16.7. The number of nitrogens with zero attached hydrogens (tertiary/aromatic N) is 1. The van der Waals surface area contributed by atoms with Gasteiger partial charge >= 0.3 is 6.09 Å². The Morgan fingerprint density at radius 1 is 1.11 bits per heavy atom. The summed E-state index contributed by atoms with van der Waals surface area (Å²) in [5, 5.41) is 32.7. The van der Waals surface area contributed by atoms with Crippen molar-refractivity contribution in [3.8, 4) is 0 Å². The van der Waals surface area contributed by atoms with Crippen molar-refractivity contribution in [2.24, 2.45) is 0 Å². The van der Waals surface area contributed by atoms with E-state index in [4.69, 9.17) is 14.2 Å². The molecule has 7 unspecified atom stereocenters. The molecule has 3 aliphatic heterocycles. The van der Waals surface area contributed by atoms with Crippen molar-refractivity contribution in [3.63, 3.8) is 0 Å². The molecule has 0 bridgehead atoms. The molecule has 0 aromatic carbocycles. The topological polar surface area (TPSA) is 155 Å². The van der Waals surface area contributed by atoms with Crippen LogP contribution in [0.4, 0.5) is 4.79 Å². The van der Waals surface area contributed by atoms with Gasteiger partial charge < -0.3 is 29.5 Å². The molecule has 11 nitrogen and oxygen atoms in total. The Balaban J connectivity index is 1.55. The van der Waals surface area contributed by atoms with Gasteiger partial charge in [0.15, 0.2) is 6.29 Å². The van der Waals surface area contributed by atoms with E-state index >= 15 is 0 Å². The number of unbranched alkanes of at least 4 members (excludes halogenated alkanes) is 6. The fourth-order valence-corrected chi connectivity index (χ4v) is 5.06. The van der Waals surface area contributed by atoms with Crippen LogP contribution in [0.5, 0.6) is 0 Å². The third kappa shape index (κ3) is 8.22. The molecule has 7 atom stereocenters. The molecule has 37 heavy (non-hydrogen) atoms. The highest BCUT2D eigenvalue weighted by Crippen LogP contribution is 2.31. The minimum absolute atomic E-state index is 0.167. The number of cyclic esters (lactones) is 1. The average molecular weight is 527 g/mol. The molecule has 4 N–H and O–H groups in total.